The summed E-state index contributed by atoms with van der Waals surface area (Å²) in [6.45, 7) is 1.34. The van der Waals surface area contributed by atoms with Gasteiger partial charge in [0.15, 0.2) is 0 Å². The Hall–Kier alpha value is -0.470. The van der Waals surface area contributed by atoms with Crippen LogP contribution in [-0.4, -0.2) is 37.5 Å². The molecule has 1 aromatic carbocycles. The van der Waals surface area contributed by atoms with Gasteiger partial charge in [0.1, 0.15) is 0 Å². The van der Waals surface area contributed by atoms with Gasteiger partial charge in [-0.05, 0) is 30.4 Å². The third-order valence-corrected chi connectivity index (χ3v) is 5.90. The van der Waals surface area contributed by atoms with Crippen LogP contribution < -0.4 is 4.72 Å². The SMILES string of the molecule is O=S(=O)(NCc1ccccc1Br)N1CCC(CO)CC1. The predicted octanol–water partition coefficient (Wildman–Crippen LogP) is 1.49. The topological polar surface area (TPSA) is 69.6 Å². The van der Waals surface area contributed by atoms with Gasteiger partial charge in [-0.1, -0.05) is 34.1 Å². The Kier molecular flexibility index (Phi) is 5.57. The first-order valence-electron chi connectivity index (χ1n) is 6.62. The van der Waals surface area contributed by atoms with Crippen molar-refractivity contribution >= 4 is 26.1 Å². The van der Waals surface area contributed by atoms with E-state index in [2.05, 4.69) is 20.7 Å². The maximum absolute atomic E-state index is 12.2. The minimum atomic E-state index is -3.45. The average molecular weight is 363 g/mol. The van der Waals surface area contributed by atoms with Crippen molar-refractivity contribution in [3.05, 3.63) is 34.3 Å². The molecule has 20 heavy (non-hydrogen) atoms. The fraction of sp³-hybridized carbons (Fsp3) is 0.538. The molecule has 7 heteroatoms. The molecule has 0 unspecified atom stereocenters. The van der Waals surface area contributed by atoms with Crippen molar-refractivity contribution in [2.24, 2.45) is 5.92 Å². The summed E-state index contributed by atoms with van der Waals surface area (Å²) >= 11 is 3.40. The molecule has 0 spiro atoms. The van der Waals surface area contributed by atoms with Gasteiger partial charge in [0.05, 0.1) is 0 Å². The molecular formula is C13H19BrN2O3S. The van der Waals surface area contributed by atoms with Crippen LogP contribution >= 0.6 is 15.9 Å². The number of rotatable bonds is 5. The van der Waals surface area contributed by atoms with Crippen LogP contribution in [0.1, 0.15) is 18.4 Å². The quantitative estimate of drug-likeness (QED) is 0.833. The summed E-state index contributed by atoms with van der Waals surface area (Å²) in [5.74, 6) is 0.227. The molecule has 5 nitrogen and oxygen atoms in total. The summed E-state index contributed by atoms with van der Waals surface area (Å²) in [5.41, 5.74) is 0.904. The van der Waals surface area contributed by atoms with Gasteiger partial charge in [-0.3, -0.25) is 0 Å². The van der Waals surface area contributed by atoms with Gasteiger partial charge < -0.3 is 5.11 Å². The van der Waals surface area contributed by atoms with Crippen LogP contribution in [0, 0.1) is 5.92 Å². The minimum Gasteiger partial charge on any atom is -0.396 e. The summed E-state index contributed by atoms with van der Waals surface area (Å²) in [5, 5.41) is 9.07. The third-order valence-electron chi connectivity index (χ3n) is 3.57. The summed E-state index contributed by atoms with van der Waals surface area (Å²) in [4.78, 5) is 0. The highest BCUT2D eigenvalue weighted by Crippen LogP contribution is 2.19. The van der Waals surface area contributed by atoms with E-state index in [-0.39, 0.29) is 19.1 Å². The lowest BCUT2D eigenvalue weighted by molar-refractivity contribution is 0.169. The minimum absolute atomic E-state index is 0.137. The second-order valence-corrected chi connectivity index (χ2v) is 7.55. The van der Waals surface area contributed by atoms with Crippen molar-refractivity contribution in [1.29, 1.82) is 0 Å². The van der Waals surface area contributed by atoms with E-state index in [1.807, 2.05) is 24.3 Å². The van der Waals surface area contributed by atoms with Crippen LogP contribution in [0.4, 0.5) is 0 Å². The number of hydrogen-bond acceptors (Lipinski definition) is 3. The van der Waals surface area contributed by atoms with E-state index in [0.29, 0.717) is 25.9 Å². The number of hydrogen-bond donors (Lipinski definition) is 2. The van der Waals surface area contributed by atoms with Crippen molar-refractivity contribution in [3.8, 4) is 0 Å². The second kappa shape index (κ2) is 7.00. The van der Waals surface area contributed by atoms with Crippen LogP contribution in [0.2, 0.25) is 0 Å². The zero-order chi connectivity index (χ0) is 14.6. The van der Waals surface area contributed by atoms with E-state index < -0.39 is 10.2 Å². The van der Waals surface area contributed by atoms with E-state index in [4.69, 9.17) is 5.11 Å². The molecule has 1 aliphatic heterocycles. The molecule has 0 aliphatic carbocycles. The number of piperidine rings is 1. The van der Waals surface area contributed by atoms with Gasteiger partial charge in [0.2, 0.25) is 0 Å². The molecule has 0 atom stereocenters. The fourth-order valence-corrected chi connectivity index (χ4v) is 3.87. The highest BCUT2D eigenvalue weighted by Gasteiger charge is 2.27. The normalized spacial score (nSPS) is 18.3. The van der Waals surface area contributed by atoms with Crippen molar-refractivity contribution < 1.29 is 13.5 Å². The molecular weight excluding hydrogens is 344 g/mol. The molecule has 0 amide bonds. The van der Waals surface area contributed by atoms with E-state index in [1.54, 1.807) is 0 Å². The van der Waals surface area contributed by atoms with Crippen molar-refractivity contribution in [1.82, 2.24) is 9.03 Å². The highest BCUT2D eigenvalue weighted by molar-refractivity contribution is 9.10. The van der Waals surface area contributed by atoms with E-state index in [0.717, 1.165) is 10.0 Å². The average Bonchev–Trinajstić information content (AvgIpc) is 2.46. The Balaban J connectivity index is 1.93. The van der Waals surface area contributed by atoms with Gasteiger partial charge in [-0.25, -0.2) is 0 Å². The summed E-state index contributed by atoms with van der Waals surface area (Å²) < 4.78 is 29.4. The fourth-order valence-electron chi connectivity index (χ4n) is 2.23. The first kappa shape index (κ1) is 15.9. The van der Waals surface area contributed by atoms with Crippen molar-refractivity contribution in [3.63, 3.8) is 0 Å². The van der Waals surface area contributed by atoms with E-state index in [1.165, 1.54) is 4.31 Å². The smallest absolute Gasteiger partial charge is 0.279 e. The van der Waals surface area contributed by atoms with Gasteiger partial charge in [-0.2, -0.15) is 17.4 Å². The third kappa shape index (κ3) is 4.02. The molecule has 0 radical (unpaired) electrons. The highest BCUT2D eigenvalue weighted by atomic mass is 79.9. The lowest BCUT2D eigenvalue weighted by Gasteiger charge is -2.30. The van der Waals surface area contributed by atoms with Gasteiger partial charge in [0.25, 0.3) is 10.2 Å². The van der Waals surface area contributed by atoms with Crippen LogP contribution in [0.15, 0.2) is 28.7 Å². The first-order chi connectivity index (χ1) is 9.53. The maximum Gasteiger partial charge on any atom is 0.279 e. The van der Waals surface area contributed by atoms with Crippen molar-refractivity contribution in [2.45, 2.75) is 19.4 Å². The van der Waals surface area contributed by atoms with E-state index >= 15 is 0 Å². The zero-order valence-corrected chi connectivity index (χ0v) is 13.5. The van der Waals surface area contributed by atoms with Crippen LogP contribution in [-0.2, 0) is 16.8 Å². The van der Waals surface area contributed by atoms with Gasteiger partial charge in [-0.15, -0.1) is 0 Å². The van der Waals surface area contributed by atoms with Crippen LogP contribution in [0.25, 0.3) is 0 Å². The van der Waals surface area contributed by atoms with Crippen LogP contribution in [0.3, 0.4) is 0 Å². The van der Waals surface area contributed by atoms with Gasteiger partial charge in [0, 0.05) is 30.7 Å². The molecule has 1 fully saturated rings. The molecule has 2 N–H and O–H groups in total. The molecule has 0 saturated carbocycles. The molecule has 1 saturated heterocycles. The Morgan fingerprint density at radius 3 is 2.55 bits per heavy atom. The molecule has 1 heterocycles. The number of nitrogens with zero attached hydrogens (tertiary/aromatic N) is 1. The Morgan fingerprint density at radius 1 is 1.30 bits per heavy atom. The number of nitrogens with one attached hydrogen (secondary N) is 1. The lowest BCUT2D eigenvalue weighted by Crippen LogP contribution is -2.45. The molecule has 2 rings (SSSR count). The summed E-state index contributed by atoms with van der Waals surface area (Å²) in [7, 11) is -3.45. The van der Waals surface area contributed by atoms with Crippen LogP contribution in [0.5, 0.6) is 0 Å². The number of aliphatic hydroxyl groups excluding tert-OH is 1. The predicted molar refractivity (Wildman–Crippen MR) is 81.3 cm³/mol. The van der Waals surface area contributed by atoms with E-state index in [9.17, 15) is 8.42 Å². The molecule has 112 valence electrons. The lowest BCUT2D eigenvalue weighted by atomic mass is 10.00. The maximum atomic E-state index is 12.2. The molecule has 1 aromatic rings. The number of aliphatic hydroxyl groups is 1. The van der Waals surface area contributed by atoms with Crippen molar-refractivity contribution in [2.75, 3.05) is 19.7 Å². The number of halogens is 1. The van der Waals surface area contributed by atoms with Gasteiger partial charge >= 0.3 is 0 Å². The summed E-state index contributed by atoms with van der Waals surface area (Å²) in [6, 6.07) is 7.53. The first-order valence-corrected chi connectivity index (χ1v) is 8.85. The molecule has 0 aromatic heterocycles. The second-order valence-electron chi connectivity index (χ2n) is 4.94. The Morgan fingerprint density at radius 2 is 1.95 bits per heavy atom. The largest absolute Gasteiger partial charge is 0.396 e. The monoisotopic (exact) mass is 362 g/mol. The summed E-state index contributed by atoms with van der Waals surface area (Å²) in [6.07, 6.45) is 1.43. The standard InChI is InChI=1S/C13H19BrN2O3S/c14-13-4-2-1-3-12(13)9-15-20(18,19)16-7-5-11(10-17)6-8-16/h1-4,11,15,17H,5-10H2. The molecule has 0 bridgehead atoms. The molecule has 1 aliphatic rings. The number of benzene rings is 1. The Labute approximate surface area is 128 Å². The Bertz CT molecular complexity index is 542. The zero-order valence-electron chi connectivity index (χ0n) is 11.1.